The highest BCUT2D eigenvalue weighted by atomic mass is 79.9. The molecule has 0 aromatic heterocycles. The lowest BCUT2D eigenvalue weighted by atomic mass is 10.1. The van der Waals surface area contributed by atoms with Crippen molar-refractivity contribution < 1.29 is 23.5 Å². The number of anilines is 1. The highest BCUT2D eigenvalue weighted by Crippen LogP contribution is 2.28. The van der Waals surface area contributed by atoms with Crippen molar-refractivity contribution in [2.24, 2.45) is 0 Å². The number of imide groups is 1. The molecule has 2 N–H and O–H groups in total. The standard InChI is InChI=1S/C29H21BrFN3O4/c30-22-11-12-26(38-17-18-9-10-19-5-1-2-6-20(19)13-18)21(14-22)15-25-28(36)34(29(37)33-25)16-27(35)32-24-8-4-3-7-23(24)31/h1-15H,16-17H2,(H,32,35)(H,33,37)/b25-15+. The number of carbonyl (C=O) groups excluding carboxylic acids is 3. The van der Waals surface area contributed by atoms with E-state index in [9.17, 15) is 18.8 Å². The van der Waals surface area contributed by atoms with E-state index in [-0.39, 0.29) is 11.4 Å². The Bertz CT molecular complexity index is 1600. The Morgan fingerprint density at radius 3 is 2.55 bits per heavy atom. The molecule has 38 heavy (non-hydrogen) atoms. The Morgan fingerprint density at radius 1 is 0.974 bits per heavy atom. The van der Waals surface area contributed by atoms with Gasteiger partial charge >= 0.3 is 6.03 Å². The molecule has 0 bridgehead atoms. The lowest BCUT2D eigenvalue weighted by Gasteiger charge is -2.12. The summed E-state index contributed by atoms with van der Waals surface area (Å²) < 4.78 is 20.6. The molecule has 190 valence electrons. The summed E-state index contributed by atoms with van der Waals surface area (Å²) in [5.74, 6) is -1.50. The summed E-state index contributed by atoms with van der Waals surface area (Å²) >= 11 is 3.43. The molecule has 4 aromatic rings. The summed E-state index contributed by atoms with van der Waals surface area (Å²) in [5, 5.41) is 7.10. The van der Waals surface area contributed by atoms with E-state index >= 15 is 0 Å². The molecule has 4 amide bonds. The van der Waals surface area contributed by atoms with Crippen LogP contribution in [0.4, 0.5) is 14.9 Å². The SMILES string of the molecule is O=C(CN1C(=O)N/C(=C/c2cc(Br)ccc2OCc2ccc3ccccc3c2)C1=O)Nc1ccccc1F. The summed E-state index contributed by atoms with van der Waals surface area (Å²) in [5.41, 5.74) is 1.48. The third-order valence-electron chi connectivity index (χ3n) is 5.89. The zero-order chi connectivity index (χ0) is 26.6. The van der Waals surface area contributed by atoms with E-state index < -0.39 is 30.2 Å². The van der Waals surface area contributed by atoms with Gasteiger partial charge in [0, 0.05) is 10.0 Å². The number of carbonyl (C=O) groups is 3. The minimum absolute atomic E-state index is 0.0117. The quantitative estimate of drug-likeness (QED) is 0.214. The van der Waals surface area contributed by atoms with Crippen LogP contribution in [0, 0.1) is 5.82 Å². The molecule has 0 spiro atoms. The Morgan fingerprint density at radius 2 is 1.74 bits per heavy atom. The maximum Gasteiger partial charge on any atom is 0.329 e. The van der Waals surface area contributed by atoms with E-state index in [2.05, 4.69) is 32.6 Å². The lowest BCUT2D eigenvalue weighted by Crippen LogP contribution is -2.38. The van der Waals surface area contributed by atoms with Gasteiger partial charge in [-0.2, -0.15) is 0 Å². The van der Waals surface area contributed by atoms with E-state index in [1.54, 1.807) is 18.2 Å². The van der Waals surface area contributed by atoms with Crippen LogP contribution in [0.3, 0.4) is 0 Å². The lowest BCUT2D eigenvalue weighted by molar-refractivity contribution is -0.127. The Hall–Kier alpha value is -4.50. The molecule has 0 radical (unpaired) electrons. The molecule has 1 aliphatic heterocycles. The monoisotopic (exact) mass is 573 g/mol. The van der Waals surface area contributed by atoms with Gasteiger partial charge in [-0.1, -0.05) is 64.5 Å². The molecule has 0 saturated carbocycles. The van der Waals surface area contributed by atoms with Crippen LogP contribution in [0.1, 0.15) is 11.1 Å². The van der Waals surface area contributed by atoms with Crippen molar-refractivity contribution in [1.29, 1.82) is 0 Å². The van der Waals surface area contributed by atoms with Crippen LogP contribution >= 0.6 is 15.9 Å². The average molecular weight is 574 g/mol. The van der Waals surface area contributed by atoms with Gasteiger partial charge in [-0.25, -0.2) is 14.1 Å². The average Bonchev–Trinajstić information content (AvgIpc) is 3.16. The molecule has 1 heterocycles. The highest BCUT2D eigenvalue weighted by molar-refractivity contribution is 9.10. The van der Waals surface area contributed by atoms with Crippen molar-refractivity contribution in [3.8, 4) is 5.75 Å². The number of amides is 4. The molecular weight excluding hydrogens is 553 g/mol. The number of hydrogen-bond donors (Lipinski definition) is 2. The van der Waals surface area contributed by atoms with Gasteiger partial charge in [-0.05, 0) is 58.8 Å². The number of benzene rings is 4. The number of urea groups is 1. The van der Waals surface area contributed by atoms with Crippen LogP contribution in [0.5, 0.6) is 5.75 Å². The summed E-state index contributed by atoms with van der Waals surface area (Å²) in [4.78, 5) is 38.6. The second-order valence-electron chi connectivity index (χ2n) is 8.56. The summed E-state index contributed by atoms with van der Waals surface area (Å²) in [7, 11) is 0. The summed E-state index contributed by atoms with van der Waals surface area (Å²) in [6.45, 7) is -0.272. The van der Waals surface area contributed by atoms with Crippen LogP contribution in [-0.4, -0.2) is 29.3 Å². The normalized spacial score (nSPS) is 14.2. The molecular formula is C29H21BrFN3O4. The van der Waals surface area contributed by atoms with Gasteiger partial charge in [-0.15, -0.1) is 0 Å². The number of fused-ring (bicyclic) bond motifs is 1. The smallest absolute Gasteiger partial charge is 0.329 e. The first-order valence-corrected chi connectivity index (χ1v) is 12.5. The van der Waals surface area contributed by atoms with Gasteiger partial charge < -0.3 is 15.4 Å². The number of hydrogen-bond acceptors (Lipinski definition) is 4. The van der Waals surface area contributed by atoms with Crippen LogP contribution in [0.2, 0.25) is 0 Å². The largest absolute Gasteiger partial charge is 0.488 e. The second kappa shape index (κ2) is 10.9. The van der Waals surface area contributed by atoms with Gasteiger partial charge in [0.05, 0.1) is 5.69 Å². The third kappa shape index (κ3) is 5.57. The molecule has 7 nitrogen and oxygen atoms in total. The number of nitrogens with zero attached hydrogens (tertiary/aromatic N) is 1. The van der Waals surface area contributed by atoms with Crippen molar-refractivity contribution in [2.75, 3.05) is 11.9 Å². The number of nitrogens with one attached hydrogen (secondary N) is 2. The molecule has 1 fully saturated rings. The fraction of sp³-hybridized carbons (Fsp3) is 0.0690. The molecule has 9 heteroatoms. The Kier molecular flexibility index (Phi) is 7.19. The van der Waals surface area contributed by atoms with Crippen LogP contribution in [-0.2, 0) is 16.2 Å². The molecule has 1 aliphatic rings. The Balaban J connectivity index is 1.31. The van der Waals surface area contributed by atoms with Crippen LogP contribution in [0.25, 0.3) is 16.8 Å². The fourth-order valence-corrected chi connectivity index (χ4v) is 4.40. The maximum atomic E-state index is 13.8. The maximum absolute atomic E-state index is 13.8. The molecule has 4 aromatic carbocycles. The number of halogens is 2. The van der Waals surface area contributed by atoms with E-state index in [0.29, 0.717) is 17.9 Å². The van der Waals surface area contributed by atoms with Crippen molar-refractivity contribution in [3.05, 3.63) is 112 Å². The summed E-state index contributed by atoms with van der Waals surface area (Å²) in [6, 6.07) is 24.3. The van der Waals surface area contributed by atoms with Crippen molar-refractivity contribution in [3.63, 3.8) is 0 Å². The van der Waals surface area contributed by atoms with Gasteiger partial charge in [0.2, 0.25) is 5.91 Å². The predicted octanol–water partition coefficient (Wildman–Crippen LogP) is 5.85. The zero-order valence-corrected chi connectivity index (χ0v) is 21.5. The third-order valence-corrected chi connectivity index (χ3v) is 6.39. The van der Waals surface area contributed by atoms with E-state index in [0.717, 1.165) is 25.7 Å². The van der Waals surface area contributed by atoms with Crippen molar-refractivity contribution in [2.45, 2.75) is 6.61 Å². The minimum Gasteiger partial charge on any atom is -0.488 e. The topological polar surface area (TPSA) is 87.7 Å². The molecule has 0 atom stereocenters. The predicted molar refractivity (Wildman–Crippen MR) is 146 cm³/mol. The van der Waals surface area contributed by atoms with E-state index in [1.807, 2.05) is 42.5 Å². The van der Waals surface area contributed by atoms with Gasteiger partial charge in [0.1, 0.15) is 30.4 Å². The van der Waals surface area contributed by atoms with Crippen LogP contribution < -0.4 is 15.4 Å². The fourth-order valence-electron chi connectivity index (χ4n) is 4.02. The molecule has 5 rings (SSSR count). The number of para-hydroxylation sites is 1. The van der Waals surface area contributed by atoms with Gasteiger partial charge in [0.25, 0.3) is 5.91 Å². The highest BCUT2D eigenvalue weighted by Gasteiger charge is 2.35. The van der Waals surface area contributed by atoms with Crippen molar-refractivity contribution in [1.82, 2.24) is 10.2 Å². The first kappa shape index (κ1) is 25.2. The van der Waals surface area contributed by atoms with E-state index in [1.165, 1.54) is 24.3 Å². The molecule has 0 aliphatic carbocycles. The van der Waals surface area contributed by atoms with E-state index in [4.69, 9.17) is 4.74 Å². The van der Waals surface area contributed by atoms with Crippen molar-refractivity contribution >= 4 is 56.3 Å². The zero-order valence-electron chi connectivity index (χ0n) is 19.9. The van der Waals surface area contributed by atoms with Gasteiger partial charge in [-0.3, -0.25) is 9.59 Å². The molecule has 0 unspecified atom stereocenters. The van der Waals surface area contributed by atoms with Gasteiger partial charge in [0.15, 0.2) is 0 Å². The Labute approximate surface area is 226 Å². The second-order valence-corrected chi connectivity index (χ2v) is 9.48. The first-order chi connectivity index (χ1) is 18.4. The summed E-state index contributed by atoms with van der Waals surface area (Å²) in [6.07, 6.45) is 1.50. The first-order valence-electron chi connectivity index (χ1n) is 11.7. The minimum atomic E-state index is -0.751. The van der Waals surface area contributed by atoms with Crippen LogP contribution in [0.15, 0.2) is 95.1 Å². The number of ether oxygens (including phenoxy) is 1. The molecule has 1 saturated heterocycles. The number of rotatable bonds is 7.